The number of methoxy groups -OCH3 is 1. The molecule has 2 aliphatic heterocycles. The Labute approximate surface area is 215 Å². The first-order valence-electron chi connectivity index (χ1n) is 12.9. The summed E-state index contributed by atoms with van der Waals surface area (Å²) in [6, 6.07) is 4.30. The van der Waals surface area contributed by atoms with Gasteiger partial charge in [0.1, 0.15) is 5.82 Å². The second-order valence-electron chi connectivity index (χ2n) is 8.38. The number of carbonyl (C=O) groups is 3. The summed E-state index contributed by atoms with van der Waals surface area (Å²) in [6.07, 6.45) is 3.42. The standard InChI is InChI=1S/C17H31N3O3.C8H6FNO.C2H6/c1-5-9-18-13(3)14(6-2)16(21)19-12-15(23-4)17(22)20-10-7-8-11-20;9-6-1-2-7-5(3-6)4-8(11)10-7;1-2/h15,18H,5-12H2,1-4H3,(H,19,21);1-3H,4H2,(H,10,11);1-2H3/b14-13+;;. The topological polar surface area (TPSA) is 99.8 Å². The molecule has 2 heterocycles. The average Bonchev–Trinajstić information content (AvgIpc) is 3.54. The summed E-state index contributed by atoms with van der Waals surface area (Å²) in [6.45, 7) is 12.6. The third-order valence-corrected chi connectivity index (χ3v) is 5.84. The highest BCUT2D eigenvalue weighted by Crippen LogP contribution is 2.22. The number of ether oxygens (including phenoxy) is 1. The van der Waals surface area contributed by atoms with E-state index in [1.165, 1.54) is 19.2 Å². The van der Waals surface area contributed by atoms with Crippen molar-refractivity contribution in [3.63, 3.8) is 0 Å². The van der Waals surface area contributed by atoms with Crippen LogP contribution in [0.15, 0.2) is 29.5 Å². The summed E-state index contributed by atoms with van der Waals surface area (Å²) in [4.78, 5) is 37.3. The third kappa shape index (κ3) is 9.60. The monoisotopic (exact) mass is 506 g/mol. The van der Waals surface area contributed by atoms with Crippen LogP contribution in [0.1, 0.15) is 65.9 Å². The number of carbonyl (C=O) groups excluding carboxylic acids is 3. The molecule has 0 radical (unpaired) electrons. The van der Waals surface area contributed by atoms with Gasteiger partial charge in [-0.15, -0.1) is 0 Å². The summed E-state index contributed by atoms with van der Waals surface area (Å²) in [5.74, 6) is -0.524. The molecule has 1 fully saturated rings. The van der Waals surface area contributed by atoms with E-state index < -0.39 is 6.10 Å². The molecule has 9 heteroatoms. The molecular formula is C27H43FN4O4. The van der Waals surface area contributed by atoms with Gasteiger partial charge in [-0.2, -0.15) is 0 Å². The number of likely N-dealkylation sites (tertiary alicyclic amines) is 1. The molecule has 3 amide bonds. The molecule has 36 heavy (non-hydrogen) atoms. The summed E-state index contributed by atoms with van der Waals surface area (Å²) >= 11 is 0. The number of fused-ring (bicyclic) bond motifs is 1. The summed E-state index contributed by atoms with van der Waals surface area (Å²) in [5, 5.41) is 8.70. The smallest absolute Gasteiger partial charge is 0.253 e. The van der Waals surface area contributed by atoms with E-state index in [0.717, 1.165) is 61.4 Å². The van der Waals surface area contributed by atoms with Crippen molar-refractivity contribution in [2.45, 2.75) is 72.8 Å². The number of hydrogen-bond acceptors (Lipinski definition) is 5. The summed E-state index contributed by atoms with van der Waals surface area (Å²) in [5.41, 5.74) is 3.10. The number of halogens is 1. The van der Waals surface area contributed by atoms with Crippen LogP contribution in [-0.4, -0.2) is 62.0 Å². The van der Waals surface area contributed by atoms with E-state index in [1.54, 1.807) is 6.07 Å². The first kappa shape index (κ1) is 31.1. The predicted molar refractivity (Wildman–Crippen MR) is 141 cm³/mol. The van der Waals surface area contributed by atoms with Crippen molar-refractivity contribution in [1.29, 1.82) is 0 Å². The van der Waals surface area contributed by atoms with Crippen LogP contribution in [0, 0.1) is 5.82 Å². The van der Waals surface area contributed by atoms with Crippen LogP contribution in [0.5, 0.6) is 0 Å². The molecule has 0 aliphatic carbocycles. The largest absolute Gasteiger partial charge is 0.388 e. The van der Waals surface area contributed by atoms with Gasteiger partial charge in [0.25, 0.3) is 5.91 Å². The first-order valence-corrected chi connectivity index (χ1v) is 12.9. The van der Waals surface area contributed by atoms with Crippen molar-refractivity contribution in [3.05, 3.63) is 40.8 Å². The Morgan fingerprint density at radius 1 is 1.17 bits per heavy atom. The molecule has 0 aromatic heterocycles. The predicted octanol–water partition coefficient (Wildman–Crippen LogP) is 3.77. The molecule has 1 saturated heterocycles. The van der Waals surface area contributed by atoms with Gasteiger partial charge in [0.2, 0.25) is 11.8 Å². The highest BCUT2D eigenvalue weighted by atomic mass is 19.1. The second-order valence-corrected chi connectivity index (χ2v) is 8.38. The maximum absolute atomic E-state index is 12.5. The lowest BCUT2D eigenvalue weighted by molar-refractivity contribution is -0.140. The van der Waals surface area contributed by atoms with Gasteiger partial charge in [-0.25, -0.2) is 4.39 Å². The van der Waals surface area contributed by atoms with Crippen LogP contribution >= 0.6 is 0 Å². The number of hydrogen-bond donors (Lipinski definition) is 3. The van der Waals surface area contributed by atoms with Crippen molar-refractivity contribution in [1.82, 2.24) is 15.5 Å². The van der Waals surface area contributed by atoms with Gasteiger partial charge < -0.3 is 25.6 Å². The zero-order valence-corrected chi connectivity index (χ0v) is 22.6. The van der Waals surface area contributed by atoms with Crippen LogP contribution in [-0.2, 0) is 25.5 Å². The van der Waals surface area contributed by atoms with E-state index in [1.807, 2.05) is 32.6 Å². The molecular weight excluding hydrogens is 463 g/mol. The van der Waals surface area contributed by atoms with Crippen LogP contribution in [0.3, 0.4) is 0 Å². The highest BCUT2D eigenvalue weighted by Gasteiger charge is 2.27. The second kappa shape index (κ2) is 16.7. The Morgan fingerprint density at radius 2 is 1.83 bits per heavy atom. The minimum atomic E-state index is -0.612. The number of nitrogens with one attached hydrogen (secondary N) is 3. The Kier molecular flexibility index (Phi) is 14.4. The molecule has 3 rings (SSSR count). The average molecular weight is 507 g/mol. The molecule has 0 bridgehead atoms. The zero-order chi connectivity index (χ0) is 27.1. The van der Waals surface area contributed by atoms with Gasteiger partial charge in [0.05, 0.1) is 13.0 Å². The fraction of sp³-hybridized carbons (Fsp3) is 0.593. The van der Waals surface area contributed by atoms with E-state index in [0.29, 0.717) is 12.8 Å². The first-order chi connectivity index (χ1) is 17.3. The molecule has 0 spiro atoms. The van der Waals surface area contributed by atoms with Crippen molar-refractivity contribution in [2.75, 3.05) is 38.6 Å². The van der Waals surface area contributed by atoms with Crippen LogP contribution in [0.2, 0.25) is 0 Å². The van der Waals surface area contributed by atoms with Crippen LogP contribution < -0.4 is 16.0 Å². The van der Waals surface area contributed by atoms with E-state index in [9.17, 15) is 18.8 Å². The van der Waals surface area contributed by atoms with Gasteiger partial charge >= 0.3 is 0 Å². The molecule has 3 N–H and O–H groups in total. The Morgan fingerprint density at radius 3 is 2.42 bits per heavy atom. The van der Waals surface area contributed by atoms with E-state index >= 15 is 0 Å². The van der Waals surface area contributed by atoms with Crippen molar-refractivity contribution >= 4 is 23.4 Å². The zero-order valence-electron chi connectivity index (χ0n) is 22.6. The maximum atomic E-state index is 12.5. The van der Waals surface area contributed by atoms with Crippen molar-refractivity contribution < 1.29 is 23.5 Å². The molecule has 1 atom stereocenters. The van der Waals surface area contributed by atoms with E-state index in [4.69, 9.17) is 4.74 Å². The van der Waals surface area contributed by atoms with Crippen LogP contribution in [0.25, 0.3) is 0 Å². The number of rotatable bonds is 9. The molecule has 1 unspecified atom stereocenters. The molecule has 1 aromatic carbocycles. The van der Waals surface area contributed by atoms with Crippen molar-refractivity contribution in [3.8, 4) is 0 Å². The highest BCUT2D eigenvalue weighted by molar-refractivity contribution is 5.99. The lowest BCUT2D eigenvalue weighted by Crippen LogP contribution is -2.45. The lowest BCUT2D eigenvalue weighted by Gasteiger charge is -2.22. The maximum Gasteiger partial charge on any atom is 0.253 e. The van der Waals surface area contributed by atoms with Gasteiger partial charge in [-0.1, -0.05) is 27.7 Å². The number of nitrogens with zero attached hydrogens (tertiary/aromatic N) is 1. The minimum Gasteiger partial charge on any atom is -0.388 e. The number of anilines is 1. The Bertz CT molecular complexity index is 898. The fourth-order valence-corrected chi connectivity index (χ4v) is 3.92. The molecule has 8 nitrogen and oxygen atoms in total. The van der Waals surface area contributed by atoms with Gasteiger partial charge in [0.15, 0.2) is 6.10 Å². The molecule has 0 saturated carbocycles. The van der Waals surface area contributed by atoms with E-state index in [-0.39, 0.29) is 30.1 Å². The van der Waals surface area contributed by atoms with Gasteiger partial charge in [0, 0.05) is 43.7 Å². The quantitative estimate of drug-likeness (QED) is 0.443. The third-order valence-electron chi connectivity index (χ3n) is 5.84. The number of amides is 3. The van der Waals surface area contributed by atoms with Crippen molar-refractivity contribution in [2.24, 2.45) is 0 Å². The van der Waals surface area contributed by atoms with Crippen LogP contribution in [0.4, 0.5) is 10.1 Å². The van der Waals surface area contributed by atoms with Gasteiger partial charge in [-0.3, -0.25) is 14.4 Å². The number of allylic oxidation sites excluding steroid dienone is 1. The summed E-state index contributed by atoms with van der Waals surface area (Å²) in [7, 11) is 1.51. The minimum absolute atomic E-state index is 0.0341. The SMILES string of the molecule is CC.CCCN/C(C)=C(\CC)C(=O)NCC(OC)C(=O)N1CCCC1.O=C1Cc2cc(F)ccc2N1. The molecule has 1 aromatic rings. The Balaban J connectivity index is 0.000000410. The lowest BCUT2D eigenvalue weighted by atomic mass is 10.1. The fourth-order valence-electron chi connectivity index (χ4n) is 3.92. The normalized spacial score (nSPS) is 15.3. The van der Waals surface area contributed by atoms with E-state index in [2.05, 4.69) is 22.9 Å². The Hall–Kier alpha value is -2.94. The van der Waals surface area contributed by atoms with Gasteiger partial charge in [-0.05, 0) is 56.4 Å². The summed E-state index contributed by atoms with van der Waals surface area (Å²) < 4.78 is 17.8. The molecule has 2 aliphatic rings. The molecule has 202 valence electrons. The number of benzene rings is 1.